The summed E-state index contributed by atoms with van der Waals surface area (Å²) in [6, 6.07) is 7.89. The van der Waals surface area contributed by atoms with E-state index in [1.165, 1.54) is 6.07 Å². The van der Waals surface area contributed by atoms with Gasteiger partial charge in [0.2, 0.25) is 5.95 Å². The maximum absolute atomic E-state index is 14.6. The maximum Gasteiger partial charge on any atom is 0.490 e. The van der Waals surface area contributed by atoms with Crippen LogP contribution in [-0.4, -0.2) is 74.6 Å². The van der Waals surface area contributed by atoms with Crippen molar-refractivity contribution in [1.82, 2.24) is 24.5 Å². The van der Waals surface area contributed by atoms with Crippen molar-refractivity contribution in [3.8, 4) is 0 Å². The second-order valence-electron chi connectivity index (χ2n) is 9.46. The molecule has 1 fully saturated rings. The van der Waals surface area contributed by atoms with Crippen LogP contribution in [0.5, 0.6) is 0 Å². The van der Waals surface area contributed by atoms with Crippen molar-refractivity contribution in [2.45, 2.75) is 33.1 Å². The number of carbonyl (C=O) groups is 1. The van der Waals surface area contributed by atoms with Gasteiger partial charge in [0.25, 0.3) is 0 Å². The number of halogens is 5. The highest BCUT2D eigenvalue weighted by molar-refractivity contribution is 5.90. The SMILES string of the molecule is Cc1ncn(CCNc2nc(NCc3cccc(N4CCOCC4)n3)nc3c(F)cc(F)cc23)c1C.O=C(O)C(F)(F)F. The molecular weight excluding hydrogens is 579 g/mol. The summed E-state index contributed by atoms with van der Waals surface area (Å²) in [7, 11) is 0. The van der Waals surface area contributed by atoms with Crippen molar-refractivity contribution in [3.63, 3.8) is 0 Å². The minimum absolute atomic E-state index is 0.0427. The number of nitrogens with zero attached hydrogens (tertiary/aromatic N) is 6. The van der Waals surface area contributed by atoms with Crippen LogP contribution in [0.2, 0.25) is 0 Å². The van der Waals surface area contributed by atoms with E-state index in [0.29, 0.717) is 38.7 Å². The number of alkyl halides is 3. The van der Waals surface area contributed by atoms with Crippen molar-refractivity contribution in [3.05, 3.63) is 65.4 Å². The highest BCUT2D eigenvalue weighted by Crippen LogP contribution is 2.26. The molecule has 0 atom stereocenters. The first kappa shape index (κ1) is 31.3. The van der Waals surface area contributed by atoms with Gasteiger partial charge in [0.1, 0.15) is 23.0 Å². The van der Waals surface area contributed by atoms with E-state index in [0.717, 1.165) is 42.1 Å². The third kappa shape index (κ3) is 8.24. The topological polar surface area (TPSA) is 130 Å². The van der Waals surface area contributed by atoms with Crippen molar-refractivity contribution in [1.29, 1.82) is 0 Å². The molecule has 16 heteroatoms. The molecule has 1 aliphatic rings. The summed E-state index contributed by atoms with van der Waals surface area (Å²) in [4.78, 5) is 28.9. The molecule has 4 heterocycles. The summed E-state index contributed by atoms with van der Waals surface area (Å²) in [5.74, 6) is -2.72. The highest BCUT2D eigenvalue weighted by atomic mass is 19.4. The minimum atomic E-state index is -5.08. The number of hydrogen-bond acceptors (Lipinski definition) is 9. The first-order valence-electron chi connectivity index (χ1n) is 13.1. The zero-order chi connectivity index (χ0) is 31.1. The van der Waals surface area contributed by atoms with Crippen LogP contribution in [0.1, 0.15) is 17.1 Å². The monoisotopic (exact) mass is 608 g/mol. The number of aryl methyl sites for hydroxylation is 1. The fourth-order valence-electron chi connectivity index (χ4n) is 4.14. The van der Waals surface area contributed by atoms with E-state index in [1.54, 1.807) is 6.33 Å². The van der Waals surface area contributed by atoms with E-state index in [2.05, 4.69) is 30.5 Å². The van der Waals surface area contributed by atoms with Crippen LogP contribution in [0, 0.1) is 25.5 Å². The van der Waals surface area contributed by atoms with E-state index in [1.807, 2.05) is 36.6 Å². The van der Waals surface area contributed by atoms with Crippen LogP contribution < -0.4 is 15.5 Å². The normalized spacial score (nSPS) is 13.4. The van der Waals surface area contributed by atoms with E-state index in [4.69, 9.17) is 19.6 Å². The van der Waals surface area contributed by atoms with Gasteiger partial charge in [-0.15, -0.1) is 0 Å². The fraction of sp³-hybridized carbons (Fsp3) is 0.370. The summed E-state index contributed by atoms with van der Waals surface area (Å²) in [6.45, 7) is 8.35. The Bertz CT molecular complexity index is 1570. The van der Waals surface area contributed by atoms with Crippen LogP contribution in [0.25, 0.3) is 10.9 Å². The Morgan fingerprint density at radius 3 is 2.44 bits per heavy atom. The Balaban J connectivity index is 0.000000541. The maximum atomic E-state index is 14.6. The number of carboxylic acids is 1. The largest absolute Gasteiger partial charge is 0.490 e. The number of anilines is 3. The smallest absolute Gasteiger partial charge is 0.475 e. The quantitative estimate of drug-likeness (QED) is 0.249. The second-order valence-corrected chi connectivity index (χ2v) is 9.46. The molecule has 3 N–H and O–H groups in total. The number of rotatable bonds is 8. The molecular formula is C27H29F5N8O3. The van der Waals surface area contributed by atoms with Crippen LogP contribution in [0.3, 0.4) is 0 Å². The van der Waals surface area contributed by atoms with Crippen molar-refractivity contribution in [2.75, 3.05) is 48.4 Å². The molecule has 4 aromatic rings. The summed E-state index contributed by atoms with van der Waals surface area (Å²) in [6.07, 6.45) is -3.31. The molecule has 0 aliphatic carbocycles. The number of imidazole rings is 1. The molecule has 1 aliphatic heterocycles. The molecule has 230 valence electrons. The molecule has 0 spiro atoms. The molecule has 0 radical (unpaired) electrons. The van der Waals surface area contributed by atoms with Crippen LogP contribution in [-0.2, 0) is 22.6 Å². The third-order valence-electron chi connectivity index (χ3n) is 6.51. The zero-order valence-corrected chi connectivity index (χ0v) is 23.3. The number of aromatic nitrogens is 5. The summed E-state index contributed by atoms with van der Waals surface area (Å²) in [5.41, 5.74) is 2.86. The van der Waals surface area contributed by atoms with Crippen molar-refractivity contribution in [2.24, 2.45) is 0 Å². The van der Waals surface area contributed by atoms with Gasteiger partial charge in [-0.3, -0.25) is 0 Å². The molecule has 1 aromatic carbocycles. The van der Waals surface area contributed by atoms with E-state index in [9.17, 15) is 22.0 Å². The number of pyridine rings is 1. The van der Waals surface area contributed by atoms with Gasteiger partial charge in [-0.1, -0.05) is 6.07 Å². The van der Waals surface area contributed by atoms with Crippen LogP contribution in [0.15, 0.2) is 36.7 Å². The number of nitrogens with one attached hydrogen (secondary N) is 2. The Morgan fingerprint density at radius 2 is 1.79 bits per heavy atom. The Kier molecular flexibility index (Phi) is 9.90. The van der Waals surface area contributed by atoms with Crippen LogP contribution >= 0.6 is 0 Å². The minimum Gasteiger partial charge on any atom is -0.475 e. The van der Waals surface area contributed by atoms with Crippen LogP contribution in [0.4, 0.5) is 39.5 Å². The molecule has 0 unspecified atom stereocenters. The predicted molar refractivity (Wildman–Crippen MR) is 148 cm³/mol. The first-order valence-corrected chi connectivity index (χ1v) is 13.1. The van der Waals surface area contributed by atoms with Gasteiger partial charge in [0.15, 0.2) is 5.82 Å². The molecule has 11 nitrogen and oxygen atoms in total. The van der Waals surface area contributed by atoms with Gasteiger partial charge in [-0.2, -0.15) is 18.2 Å². The molecule has 0 bridgehead atoms. The zero-order valence-electron chi connectivity index (χ0n) is 23.3. The number of aliphatic carboxylic acids is 1. The number of morpholine rings is 1. The van der Waals surface area contributed by atoms with Gasteiger partial charge in [-0.25, -0.2) is 28.5 Å². The summed E-state index contributed by atoms with van der Waals surface area (Å²) in [5, 5.41) is 13.8. The Hall–Kier alpha value is -4.60. The fourth-order valence-corrected chi connectivity index (χ4v) is 4.14. The highest BCUT2D eigenvalue weighted by Gasteiger charge is 2.38. The molecule has 0 amide bonds. The Morgan fingerprint density at radius 1 is 1.07 bits per heavy atom. The Labute approximate surface area is 242 Å². The van der Waals surface area contributed by atoms with E-state index < -0.39 is 23.8 Å². The summed E-state index contributed by atoms with van der Waals surface area (Å²) < 4.78 is 67.8. The molecule has 3 aromatic heterocycles. The average molecular weight is 609 g/mol. The molecule has 1 saturated heterocycles. The lowest BCUT2D eigenvalue weighted by molar-refractivity contribution is -0.192. The van der Waals surface area contributed by atoms with Gasteiger partial charge >= 0.3 is 12.1 Å². The lowest BCUT2D eigenvalue weighted by Crippen LogP contribution is -2.36. The lowest BCUT2D eigenvalue weighted by Gasteiger charge is -2.28. The first-order chi connectivity index (χ1) is 20.4. The third-order valence-corrected chi connectivity index (χ3v) is 6.51. The van der Waals surface area contributed by atoms with E-state index in [-0.39, 0.29) is 16.9 Å². The van der Waals surface area contributed by atoms with Gasteiger partial charge in [-0.05, 0) is 32.0 Å². The van der Waals surface area contributed by atoms with Crippen molar-refractivity contribution >= 4 is 34.5 Å². The number of ether oxygens (including phenoxy) is 1. The predicted octanol–water partition coefficient (Wildman–Crippen LogP) is 4.31. The number of fused-ring (bicyclic) bond motifs is 1. The number of hydrogen-bond donors (Lipinski definition) is 3. The summed E-state index contributed by atoms with van der Waals surface area (Å²) >= 11 is 0. The van der Waals surface area contributed by atoms with E-state index >= 15 is 0 Å². The van der Waals surface area contributed by atoms with Gasteiger partial charge in [0.05, 0.1) is 37.5 Å². The molecule has 0 saturated carbocycles. The lowest BCUT2D eigenvalue weighted by atomic mass is 10.2. The average Bonchev–Trinajstić information content (AvgIpc) is 3.29. The number of benzene rings is 1. The molecule has 43 heavy (non-hydrogen) atoms. The second kappa shape index (κ2) is 13.6. The number of carboxylic acid groups (broad SMARTS) is 1. The standard InChI is InChI=1S/C25H28F2N8O.C2HF3O2/c1-16-17(2)35(15-30-16)7-6-28-24-20-12-18(26)13-21(27)23(20)32-25(33-24)29-14-19-4-3-5-22(31-19)34-8-10-36-11-9-34;3-2(4,5)1(6)7/h3-5,12-13,15H,6-11,14H2,1-2H3,(H2,28,29,32,33);(H,6,7). The molecule has 5 rings (SSSR count). The van der Waals surface area contributed by atoms with Gasteiger partial charge in [0, 0.05) is 43.3 Å². The van der Waals surface area contributed by atoms with Gasteiger partial charge < -0.3 is 29.9 Å². The van der Waals surface area contributed by atoms with Crippen molar-refractivity contribution < 1.29 is 36.6 Å².